The Bertz CT molecular complexity index is 329. The lowest BCUT2D eigenvalue weighted by Crippen LogP contribution is -2.36. The van der Waals surface area contributed by atoms with E-state index in [1.807, 2.05) is 0 Å². The molecule has 17 heavy (non-hydrogen) atoms. The minimum atomic E-state index is 0.744. The van der Waals surface area contributed by atoms with Gasteiger partial charge in [-0.1, -0.05) is 36.2 Å². The van der Waals surface area contributed by atoms with E-state index >= 15 is 0 Å². The van der Waals surface area contributed by atoms with Crippen molar-refractivity contribution >= 4 is 0 Å². The van der Waals surface area contributed by atoms with Gasteiger partial charge in [-0.2, -0.15) is 0 Å². The molecule has 2 nitrogen and oxygen atoms in total. The first-order chi connectivity index (χ1) is 8.34. The summed E-state index contributed by atoms with van der Waals surface area (Å²) in [6, 6.07) is 9.48. The lowest BCUT2D eigenvalue weighted by atomic mass is 10.0. The molecule has 1 fully saturated rings. The van der Waals surface area contributed by atoms with Crippen molar-refractivity contribution < 1.29 is 0 Å². The lowest BCUT2D eigenvalue weighted by Gasteiger charge is -2.23. The maximum atomic E-state index is 3.59. The van der Waals surface area contributed by atoms with E-state index < -0.39 is 0 Å². The topological polar surface area (TPSA) is 24.1 Å². The van der Waals surface area contributed by atoms with Crippen molar-refractivity contribution in [3.05, 3.63) is 35.4 Å². The maximum absolute atomic E-state index is 3.59. The molecule has 2 rings (SSSR count). The fourth-order valence-corrected chi connectivity index (χ4v) is 2.50. The van der Waals surface area contributed by atoms with Gasteiger partial charge < -0.3 is 10.6 Å². The molecule has 0 amide bonds. The first-order valence-electron chi connectivity index (χ1n) is 6.84. The molecule has 1 aliphatic rings. The first kappa shape index (κ1) is 12.6. The van der Waals surface area contributed by atoms with Gasteiger partial charge in [-0.25, -0.2) is 0 Å². The van der Waals surface area contributed by atoms with Crippen molar-refractivity contribution in [2.24, 2.45) is 0 Å². The van der Waals surface area contributed by atoms with Crippen LogP contribution in [0.25, 0.3) is 0 Å². The van der Waals surface area contributed by atoms with Crippen LogP contribution in [-0.2, 0) is 6.54 Å². The predicted molar refractivity (Wildman–Crippen MR) is 73.1 cm³/mol. The second-order valence-corrected chi connectivity index (χ2v) is 5.10. The molecule has 1 atom stereocenters. The van der Waals surface area contributed by atoms with Crippen molar-refractivity contribution in [1.29, 1.82) is 0 Å². The van der Waals surface area contributed by atoms with Crippen LogP contribution in [0.1, 0.15) is 36.8 Å². The highest BCUT2D eigenvalue weighted by Gasteiger charge is 2.11. The zero-order chi connectivity index (χ0) is 11.9. The number of benzene rings is 1. The van der Waals surface area contributed by atoms with Gasteiger partial charge in [0.1, 0.15) is 0 Å². The summed E-state index contributed by atoms with van der Waals surface area (Å²) in [6.45, 7) is 5.47. The van der Waals surface area contributed by atoms with Crippen LogP contribution in [0, 0.1) is 6.92 Å². The summed E-state index contributed by atoms with van der Waals surface area (Å²) in [5, 5.41) is 7.12. The largest absolute Gasteiger partial charge is 0.314 e. The Morgan fingerprint density at radius 3 is 3.06 bits per heavy atom. The summed E-state index contributed by atoms with van der Waals surface area (Å²) < 4.78 is 0. The van der Waals surface area contributed by atoms with Crippen LogP contribution >= 0.6 is 0 Å². The number of hydrogen-bond acceptors (Lipinski definition) is 2. The Morgan fingerprint density at radius 2 is 2.29 bits per heavy atom. The van der Waals surface area contributed by atoms with E-state index in [0.717, 1.165) is 19.1 Å². The van der Waals surface area contributed by atoms with Crippen LogP contribution in [-0.4, -0.2) is 19.1 Å². The van der Waals surface area contributed by atoms with Crippen molar-refractivity contribution in [3.63, 3.8) is 0 Å². The Balaban J connectivity index is 1.62. The maximum Gasteiger partial charge on any atom is 0.0205 e. The number of nitrogens with one attached hydrogen (secondary N) is 2. The van der Waals surface area contributed by atoms with Crippen LogP contribution in [0.3, 0.4) is 0 Å². The highest BCUT2D eigenvalue weighted by atomic mass is 14.9. The Morgan fingerprint density at radius 1 is 1.35 bits per heavy atom. The second kappa shape index (κ2) is 6.77. The smallest absolute Gasteiger partial charge is 0.0205 e. The van der Waals surface area contributed by atoms with Gasteiger partial charge in [-0.05, 0) is 44.8 Å². The van der Waals surface area contributed by atoms with Gasteiger partial charge in [0.2, 0.25) is 0 Å². The van der Waals surface area contributed by atoms with E-state index in [9.17, 15) is 0 Å². The summed E-state index contributed by atoms with van der Waals surface area (Å²) in [6.07, 6.45) is 5.36. The van der Waals surface area contributed by atoms with E-state index in [0.29, 0.717) is 0 Å². The van der Waals surface area contributed by atoms with Crippen LogP contribution in [0.5, 0.6) is 0 Å². The summed E-state index contributed by atoms with van der Waals surface area (Å²) in [5.74, 6) is 0. The van der Waals surface area contributed by atoms with Gasteiger partial charge in [0, 0.05) is 12.6 Å². The van der Waals surface area contributed by atoms with E-state index in [2.05, 4.69) is 41.8 Å². The predicted octanol–water partition coefficient (Wildman–Crippen LogP) is 2.62. The van der Waals surface area contributed by atoms with Gasteiger partial charge in [0.05, 0.1) is 0 Å². The molecule has 0 spiro atoms. The standard InChI is InChI=1S/C15H24N2/c1-13-5-4-6-14(11-13)12-16-10-8-15-7-2-3-9-17-15/h4-6,11,15-17H,2-3,7-10,12H2,1H3. The molecule has 1 heterocycles. The minimum Gasteiger partial charge on any atom is -0.314 e. The molecule has 1 unspecified atom stereocenters. The van der Waals surface area contributed by atoms with Crippen LogP contribution < -0.4 is 10.6 Å². The molecule has 0 aliphatic carbocycles. The number of hydrogen-bond donors (Lipinski definition) is 2. The second-order valence-electron chi connectivity index (χ2n) is 5.10. The third-order valence-electron chi connectivity index (χ3n) is 3.49. The summed E-state index contributed by atoms with van der Waals surface area (Å²) >= 11 is 0. The van der Waals surface area contributed by atoms with Gasteiger partial charge in [-0.15, -0.1) is 0 Å². The molecule has 0 saturated carbocycles. The fourth-order valence-electron chi connectivity index (χ4n) is 2.50. The molecule has 1 aromatic carbocycles. The molecule has 0 aromatic heterocycles. The average Bonchev–Trinajstić information content (AvgIpc) is 2.36. The Hall–Kier alpha value is -0.860. The van der Waals surface area contributed by atoms with Gasteiger partial charge >= 0.3 is 0 Å². The van der Waals surface area contributed by atoms with Crippen LogP contribution in [0.4, 0.5) is 0 Å². The zero-order valence-electron chi connectivity index (χ0n) is 10.8. The first-order valence-corrected chi connectivity index (χ1v) is 6.84. The molecule has 1 saturated heterocycles. The molecular formula is C15H24N2. The number of rotatable bonds is 5. The molecule has 1 aromatic rings. The van der Waals surface area contributed by atoms with E-state index in [4.69, 9.17) is 0 Å². The normalized spacial score (nSPS) is 20.4. The SMILES string of the molecule is Cc1cccc(CNCCC2CCCCN2)c1. The van der Waals surface area contributed by atoms with Crippen molar-refractivity contribution in [2.75, 3.05) is 13.1 Å². The summed E-state index contributed by atoms with van der Waals surface area (Å²) in [4.78, 5) is 0. The summed E-state index contributed by atoms with van der Waals surface area (Å²) in [7, 11) is 0. The monoisotopic (exact) mass is 232 g/mol. The van der Waals surface area contributed by atoms with Crippen molar-refractivity contribution in [1.82, 2.24) is 10.6 Å². The lowest BCUT2D eigenvalue weighted by molar-refractivity contribution is 0.376. The molecule has 0 bridgehead atoms. The molecule has 2 heteroatoms. The van der Waals surface area contributed by atoms with Crippen LogP contribution in [0.15, 0.2) is 24.3 Å². The van der Waals surface area contributed by atoms with E-state index in [1.165, 1.54) is 43.4 Å². The molecule has 0 radical (unpaired) electrons. The third-order valence-corrected chi connectivity index (χ3v) is 3.49. The molecule has 94 valence electrons. The highest BCUT2D eigenvalue weighted by molar-refractivity contribution is 5.21. The van der Waals surface area contributed by atoms with Crippen molar-refractivity contribution in [3.8, 4) is 0 Å². The molecule has 2 N–H and O–H groups in total. The van der Waals surface area contributed by atoms with Gasteiger partial charge in [-0.3, -0.25) is 0 Å². The van der Waals surface area contributed by atoms with Gasteiger partial charge in [0.25, 0.3) is 0 Å². The van der Waals surface area contributed by atoms with Crippen molar-refractivity contribution in [2.45, 2.75) is 45.2 Å². The third kappa shape index (κ3) is 4.49. The van der Waals surface area contributed by atoms with Crippen LogP contribution in [0.2, 0.25) is 0 Å². The fraction of sp³-hybridized carbons (Fsp3) is 0.600. The minimum absolute atomic E-state index is 0.744. The van der Waals surface area contributed by atoms with E-state index in [-0.39, 0.29) is 0 Å². The quantitative estimate of drug-likeness (QED) is 0.763. The average molecular weight is 232 g/mol. The number of aryl methyl sites for hydroxylation is 1. The van der Waals surface area contributed by atoms with E-state index in [1.54, 1.807) is 0 Å². The van der Waals surface area contributed by atoms with Gasteiger partial charge in [0.15, 0.2) is 0 Å². The Kier molecular flexibility index (Phi) is 5.02. The molecular weight excluding hydrogens is 208 g/mol. The summed E-state index contributed by atoms with van der Waals surface area (Å²) in [5.41, 5.74) is 2.74. The zero-order valence-corrected chi connectivity index (χ0v) is 10.8. The molecule has 1 aliphatic heterocycles. The number of piperidine rings is 1. The highest BCUT2D eigenvalue weighted by Crippen LogP contribution is 2.09. The Labute approximate surface area is 105 Å².